The van der Waals surface area contributed by atoms with E-state index in [0.717, 1.165) is 6.07 Å². The van der Waals surface area contributed by atoms with Crippen LogP contribution in [0.1, 0.15) is 23.2 Å². The van der Waals surface area contributed by atoms with Crippen LogP contribution in [0.4, 0.5) is 10.1 Å². The van der Waals surface area contributed by atoms with Gasteiger partial charge in [-0.3, -0.25) is 4.79 Å². The molecular formula is C14H17FN2O4. The Morgan fingerprint density at radius 2 is 2.05 bits per heavy atom. The number of hydrogen-bond acceptors (Lipinski definition) is 4. The van der Waals surface area contributed by atoms with E-state index in [-0.39, 0.29) is 23.7 Å². The Balaban J connectivity index is 2.17. The first-order valence-electron chi connectivity index (χ1n) is 6.61. The zero-order valence-electron chi connectivity index (χ0n) is 11.4. The predicted octanol–water partition coefficient (Wildman–Crippen LogP) is 1.22. The number of halogens is 1. The maximum absolute atomic E-state index is 13.8. The fourth-order valence-electron chi connectivity index (χ4n) is 2.29. The lowest BCUT2D eigenvalue weighted by Gasteiger charge is -2.34. The maximum Gasteiger partial charge on any atom is 0.335 e. The third-order valence-corrected chi connectivity index (χ3v) is 3.79. The number of carbonyl (C=O) groups is 2. The zero-order chi connectivity index (χ0) is 15.5. The highest BCUT2D eigenvalue weighted by atomic mass is 19.1. The molecule has 7 heteroatoms. The smallest absolute Gasteiger partial charge is 0.335 e. The van der Waals surface area contributed by atoms with E-state index in [1.807, 2.05) is 0 Å². The van der Waals surface area contributed by atoms with Gasteiger partial charge in [0.2, 0.25) is 5.91 Å². The fraction of sp³-hybridized carbons (Fsp3) is 0.429. The van der Waals surface area contributed by atoms with E-state index in [1.54, 1.807) is 0 Å². The number of carboxylic acids is 1. The lowest BCUT2D eigenvalue weighted by Crippen LogP contribution is -2.46. The summed E-state index contributed by atoms with van der Waals surface area (Å²) in [5.41, 5.74) is 4.71. The number of benzene rings is 1. The van der Waals surface area contributed by atoms with Crippen LogP contribution >= 0.6 is 0 Å². The molecule has 1 heterocycles. The van der Waals surface area contributed by atoms with Gasteiger partial charge in [0.05, 0.1) is 16.7 Å². The monoisotopic (exact) mass is 296 g/mol. The van der Waals surface area contributed by atoms with Crippen LogP contribution < -0.4 is 11.1 Å². The van der Waals surface area contributed by atoms with Gasteiger partial charge in [-0.15, -0.1) is 0 Å². The van der Waals surface area contributed by atoms with Crippen LogP contribution in [0.2, 0.25) is 0 Å². The number of carboxylic acid groups (broad SMARTS) is 1. The molecule has 1 saturated heterocycles. The lowest BCUT2D eigenvalue weighted by molar-refractivity contribution is -0.130. The number of rotatable bonds is 4. The van der Waals surface area contributed by atoms with E-state index < -0.39 is 17.2 Å². The molecule has 0 unspecified atom stereocenters. The van der Waals surface area contributed by atoms with Gasteiger partial charge < -0.3 is 20.9 Å². The number of carbonyl (C=O) groups excluding carboxylic acids is 1. The molecule has 1 aromatic carbocycles. The van der Waals surface area contributed by atoms with Crippen LogP contribution in [0.25, 0.3) is 0 Å². The first-order chi connectivity index (χ1) is 9.98. The summed E-state index contributed by atoms with van der Waals surface area (Å²) in [6.45, 7) is 1.02. The van der Waals surface area contributed by atoms with Gasteiger partial charge in [-0.1, -0.05) is 0 Å². The highest BCUT2D eigenvalue weighted by molar-refractivity contribution is 5.96. The number of ether oxygens (including phenoxy) is 1. The minimum absolute atomic E-state index is 0.0516. The molecule has 0 aliphatic carbocycles. The maximum atomic E-state index is 13.8. The average molecular weight is 296 g/mol. The summed E-state index contributed by atoms with van der Waals surface area (Å²) in [6, 6.07) is 3.34. The molecule has 6 nitrogen and oxygen atoms in total. The molecule has 0 spiro atoms. The molecule has 1 aliphatic heterocycles. The van der Waals surface area contributed by atoms with E-state index in [0.29, 0.717) is 26.1 Å². The van der Waals surface area contributed by atoms with Crippen molar-refractivity contribution in [2.75, 3.05) is 25.1 Å². The number of amides is 1. The number of nitrogens with one attached hydrogen (secondary N) is 1. The second-order valence-corrected chi connectivity index (χ2v) is 5.05. The largest absolute Gasteiger partial charge is 0.478 e. The third kappa shape index (κ3) is 3.20. The Kier molecular flexibility index (Phi) is 4.54. The van der Waals surface area contributed by atoms with E-state index in [1.165, 1.54) is 12.1 Å². The van der Waals surface area contributed by atoms with Crippen LogP contribution in [0.3, 0.4) is 0 Å². The predicted molar refractivity (Wildman–Crippen MR) is 73.5 cm³/mol. The van der Waals surface area contributed by atoms with Crippen molar-refractivity contribution in [2.45, 2.75) is 12.8 Å². The normalized spacial score (nSPS) is 17.2. The first-order valence-corrected chi connectivity index (χ1v) is 6.61. The van der Waals surface area contributed by atoms with Crippen LogP contribution in [-0.4, -0.2) is 36.7 Å². The molecule has 2 rings (SSSR count). The molecule has 0 bridgehead atoms. The van der Waals surface area contributed by atoms with Crippen LogP contribution in [0.5, 0.6) is 0 Å². The third-order valence-electron chi connectivity index (χ3n) is 3.79. The minimum atomic E-state index is -1.23. The Morgan fingerprint density at radius 1 is 1.38 bits per heavy atom. The van der Waals surface area contributed by atoms with Crippen molar-refractivity contribution >= 4 is 17.6 Å². The van der Waals surface area contributed by atoms with Crippen molar-refractivity contribution in [1.82, 2.24) is 0 Å². The molecule has 0 radical (unpaired) electrons. The lowest BCUT2D eigenvalue weighted by atomic mass is 9.79. The van der Waals surface area contributed by atoms with Crippen molar-refractivity contribution in [3.05, 3.63) is 29.6 Å². The van der Waals surface area contributed by atoms with Crippen molar-refractivity contribution in [3.8, 4) is 0 Å². The first kappa shape index (κ1) is 15.4. The molecule has 1 aliphatic rings. The molecule has 4 N–H and O–H groups in total. The molecule has 1 amide bonds. The summed E-state index contributed by atoms with van der Waals surface area (Å²) in [7, 11) is 0. The summed E-state index contributed by atoms with van der Waals surface area (Å²) in [6.07, 6.45) is 0.953. The van der Waals surface area contributed by atoms with Gasteiger partial charge in [0, 0.05) is 19.8 Å². The van der Waals surface area contributed by atoms with Crippen molar-refractivity contribution < 1.29 is 23.8 Å². The molecule has 0 aromatic heterocycles. The SMILES string of the molecule is NCC1(C(=O)Nc2ccc(C(=O)O)cc2F)CCOCC1. The number of nitrogens with two attached hydrogens (primary N) is 1. The zero-order valence-corrected chi connectivity index (χ0v) is 11.4. The van der Waals surface area contributed by atoms with Crippen molar-refractivity contribution in [2.24, 2.45) is 11.1 Å². The second-order valence-electron chi connectivity index (χ2n) is 5.05. The summed E-state index contributed by atoms with van der Waals surface area (Å²) < 4.78 is 19.1. The van der Waals surface area contributed by atoms with Gasteiger partial charge in [0.25, 0.3) is 0 Å². The minimum Gasteiger partial charge on any atom is -0.478 e. The molecule has 0 atom stereocenters. The van der Waals surface area contributed by atoms with Crippen LogP contribution in [-0.2, 0) is 9.53 Å². The summed E-state index contributed by atoms with van der Waals surface area (Å²) >= 11 is 0. The topological polar surface area (TPSA) is 102 Å². The highest BCUT2D eigenvalue weighted by Crippen LogP contribution is 2.31. The van der Waals surface area contributed by atoms with E-state index in [9.17, 15) is 14.0 Å². The number of hydrogen-bond donors (Lipinski definition) is 3. The molecule has 21 heavy (non-hydrogen) atoms. The van der Waals surface area contributed by atoms with E-state index >= 15 is 0 Å². The van der Waals surface area contributed by atoms with Crippen molar-refractivity contribution in [3.63, 3.8) is 0 Å². The van der Waals surface area contributed by atoms with Crippen LogP contribution in [0, 0.1) is 11.2 Å². The van der Waals surface area contributed by atoms with Gasteiger partial charge in [-0.05, 0) is 31.0 Å². The van der Waals surface area contributed by atoms with Crippen LogP contribution in [0.15, 0.2) is 18.2 Å². The van der Waals surface area contributed by atoms with Gasteiger partial charge in [-0.25, -0.2) is 9.18 Å². The van der Waals surface area contributed by atoms with Gasteiger partial charge in [-0.2, -0.15) is 0 Å². The summed E-state index contributed by atoms with van der Waals surface area (Å²) in [5.74, 6) is -2.38. The Morgan fingerprint density at radius 3 is 2.57 bits per heavy atom. The molecular weight excluding hydrogens is 279 g/mol. The summed E-state index contributed by atoms with van der Waals surface area (Å²) in [5, 5.41) is 11.3. The van der Waals surface area contributed by atoms with E-state index in [2.05, 4.69) is 5.32 Å². The standard InChI is InChI=1S/C14H17FN2O4/c15-10-7-9(12(18)19)1-2-11(10)17-13(20)14(8-16)3-5-21-6-4-14/h1-2,7H,3-6,8,16H2,(H,17,20)(H,18,19). The molecule has 1 aromatic rings. The Bertz CT molecular complexity index is 556. The number of aromatic carboxylic acids is 1. The van der Waals surface area contributed by atoms with Crippen molar-refractivity contribution in [1.29, 1.82) is 0 Å². The quantitative estimate of drug-likeness (QED) is 0.775. The average Bonchev–Trinajstić information content (AvgIpc) is 2.49. The number of anilines is 1. The van der Waals surface area contributed by atoms with Gasteiger partial charge in [0.15, 0.2) is 0 Å². The molecule has 114 valence electrons. The Hall–Kier alpha value is -1.99. The van der Waals surface area contributed by atoms with E-state index in [4.69, 9.17) is 15.6 Å². The molecule has 1 fully saturated rings. The fourth-order valence-corrected chi connectivity index (χ4v) is 2.29. The second kappa shape index (κ2) is 6.19. The highest BCUT2D eigenvalue weighted by Gasteiger charge is 2.39. The summed E-state index contributed by atoms with van der Waals surface area (Å²) in [4.78, 5) is 23.1. The van der Waals surface area contributed by atoms with Gasteiger partial charge in [0.1, 0.15) is 5.82 Å². The Labute approximate surface area is 121 Å². The molecule has 0 saturated carbocycles. The van der Waals surface area contributed by atoms with Gasteiger partial charge >= 0.3 is 5.97 Å².